The van der Waals surface area contributed by atoms with Crippen LogP contribution in [-0.4, -0.2) is 37.2 Å². The lowest BCUT2D eigenvalue weighted by Crippen LogP contribution is -2.53. The van der Waals surface area contributed by atoms with Crippen molar-refractivity contribution in [1.82, 2.24) is 10.6 Å². The number of benzene rings is 2. The largest absolute Gasteiger partial charge is 0.484 e. The van der Waals surface area contributed by atoms with Crippen molar-refractivity contribution >= 4 is 23.4 Å². The van der Waals surface area contributed by atoms with E-state index in [1.165, 1.54) is 23.3 Å². The van der Waals surface area contributed by atoms with Gasteiger partial charge in [-0.15, -0.1) is 0 Å². The van der Waals surface area contributed by atoms with Crippen LogP contribution < -0.4 is 15.4 Å². The number of hydrogen-bond acceptors (Lipinski definition) is 4. The van der Waals surface area contributed by atoms with Crippen molar-refractivity contribution in [2.45, 2.75) is 32.2 Å². The molecule has 6 nitrogen and oxygen atoms in total. The Morgan fingerprint density at radius 1 is 1.16 bits per heavy atom. The number of carbonyl (C=O) groups excluding carboxylic acids is 2. The molecule has 2 amide bonds. The quantitative estimate of drug-likeness (QED) is 0.530. The Kier molecular flexibility index (Phi) is 7.88. The Morgan fingerprint density at radius 2 is 1.94 bits per heavy atom. The molecule has 0 saturated heterocycles. The lowest BCUT2D eigenvalue weighted by molar-refractivity contribution is -0.125. The molecular formula is C24H26ClFN2O4. The number of rotatable bonds is 10. The first-order chi connectivity index (χ1) is 15.2. The summed E-state index contributed by atoms with van der Waals surface area (Å²) in [6.45, 7) is 4.04. The Labute approximate surface area is 191 Å². The zero-order chi connectivity index (χ0) is 23.1. The van der Waals surface area contributed by atoms with Gasteiger partial charge >= 0.3 is 0 Å². The van der Waals surface area contributed by atoms with Crippen LogP contribution in [0.2, 0.25) is 5.02 Å². The zero-order valence-electron chi connectivity index (χ0n) is 18.0. The van der Waals surface area contributed by atoms with Crippen molar-refractivity contribution in [3.63, 3.8) is 0 Å². The van der Waals surface area contributed by atoms with Crippen molar-refractivity contribution < 1.29 is 23.5 Å². The molecule has 1 unspecified atom stereocenters. The molecule has 2 N–H and O–H groups in total. The predicted molar refractivity (Wildman–Crippen MR) is 120 cm³/mol. The van der Waals surface area contributed by atoms with Crippen LogP contribution in [-0.2, 0) is 20.7 Å². The summed E-state index contributed by atoms with van der Waals surface area (Å²) < 4.78 is 24.2. The minimum absolute atomic E-state index is 0.0137. The number of ether oxygens (including phenoxy) is 2. The van der Waals surface area contributed by atoms with Crippen LogP contribution in [0.5, 0.6) is 5.75 Å². The molecule has 0 heterocycles. The highest BCUT2D eigenvalue weighted by molar-refractivity contribution is 6.30. The second-order valence-corrected chi connectivity index (χ2v) is 8.42. The molecule has 0 radical (unpaired) electrons. The van der Waals surface area contributed by atoms with Gasteiger partial charge in [-0.25, -0.2) is 4.39 Å². The highest BCUT2D eigenvalue weighted by Gasteiger charge is 2.34. The van der Waals surface area contributed by atoms with Crippen LogP contribution in [0.4, 0.5) is 4.39 Å². The second kappa shape index (κ2) is 10.6. The molecule has 0 saturated carbocycles. The van der Waals surface area contributed by atoms with Gasteiger partial charge in [-0.05, 0) is 44.0 Å². The minimum atomic E-state index is -0.613. The standard InChI is InChI=1S/C24H26ClFN2O4/c1-16-4-3-5-17(10-16)8-9-31-14-22(29)27-18-12-24(2,13-18)28-23(30)15-32-19-6-7-20(25)21(26)11-19/h3-7,10-12H,8-9,13-15H2,1-2H3,(H,27,29)(H,28,30). The Bertz CT molecular complexity index is 1030. The van der Waals surface area contributed by atoms with Gasteiger partial charge in [-0.1, -0.05) is 41.4 Å². The van der Waals surface area contributed by atoms with Crippen molar-refractivity contribution in [3.8, 4) is 5.75 Å². The van der Waals surface area contributed by atoms with Crippen LogP contribution >= 0.6 is 11.6 Å². The van der Waals surface area contributed by atoms with E-state index in [9.17, 15) is 14.0 Å². The molecule has 0 spiro atoms. The lowest BCUT2D eigenvalue weighted by Gasteiger charge is -2.37. The summed E-state index contributed by atoms with van der Waals surface area (Å²) in [5, 5.41) is 5.59. The number of amides is 2. The Balaban J connectivity index is 1.34. The van der Waals surface area contributed by atoms with Crippen molar-refractivity contribution in [2.75, 3.05) is 19.8 Å². The average molecular weight is 461 g/mol. The van der Waals surface area contributed by atoms with E-state index in [1.54, 1.807) is 6.08 Å². The highest BCUT2D eigenvalue weighted by atomic mass is 35.5. The molecule has 3 rings (SSSR count). The van der Waals surface area contributed by atoms with Crippen LogP contribution in [0.1, 0.15) is 24.5 Å². The lowest BCUT2D eigenvalue weighted by atomic mass is 9.84. The van der Waals surface area contributed by atoms with Crippen LogP contribution in [0.25, 0.3) is 0 Å². The predicted octanol–water partition coefficient (Wildman–Crippen LogP) is 3.70. The summed E-state index contributed by atoms with van der Waals surface area (Å²) in [6.07, 6.45) is 2.99. The summed E-state index contributed by atoms with van der Waals surface area (Å²) in [5.41, 5.74) is 2.50. The Morgan fingerprint density at radius 3 is 2.66 bits per heavy atom. The van der Waals surface area contributed by atoms with Gasteiger partial charge < -0.3 is 20.1 Å². The SMILES string of the molecule is Cc1cccc(CCOCC(=O)NC2=CC(C)(NC(=O)COc3ccc(Cl)c(F)c3)C2)c1. The van der Waals surface area contributed by atoms with Gasteiger partial charge in [-0.2, -0.15) is 0 Å². The molecule has 32 heavy (non-hydrogen) atoms. The van der Waals surface area contributed by atoms with Gasteiger partial charge in [0.25, 0.3) is 5.91 Å². The van der Waals surface area contributed by atoms with Crippen LogP contribution in [0, 0.1) is 12.7 Å². The first kappa shape index (κ1) is 23.8. The maximum Gasteiger partial charge on any atom is 0.258 e. The van der Waals surface area contributed by atoms with E-state index in [2.05, 4.69) is 16.7 Å². The van der Waals surface area contributed by atoms with Crippen LogP contribution in [0.3, 0.4) is 0 Å². The molecule has 1 aliphatic carbocycles. The van der Waals surface area contributed by atoms with E-state index >= 15 is 0 Å². The third-order valence-corrected chi connectivity index (χ3v) is 5.19. The third-order valence-electron chi connectivity index (χ3n) is 4.89. The summed E-state index contributed by atoms with van der Waals surface area (Å²) >= 11 is 5.62. The van der Waals surface area contributed by atoms with Gasteiger partial charge in [0.2, 0.25) is 5.91 Å². The number of aryl methyl sites for hydroxylation is 1. The van der Waals surface area contributed by atoms with Gasteiger partial charge in [-0.3, -0.25) is 9.59 Å². The van der Waals surface area contributed by atoms with Gasteiger partial charge in [0.15, 0.2) is 6.61 Å². The first-order valence-corrected chi connectivity index (χ1v) is 10.6. The fourth-order valence-electron chi connectivity index (χ4n) is 3.42. The molecule has 0 aromatic heterocycles. The monoisotopic (exact) mass is 460 g/mol. The van der Waals surface area contributed by atoms with Gasteiger partial charge in [0.1, 0.15) is 18.2 Å². The molecule has 0 aliphatic heterocycles. The van der Waals surface area contributed by atoms with Crippen molar-refractivity contribution in [3.05, 3.63) is 76.2 Å². The van der Waals surface area contributed by atoms with Crippen molar-refractivity contribution in [2.24, 2.45) is 0 Å². The Hall–Kier alpha value is -2.90. The smallest absolute Gasteiger partial charge is 0.258 e. The molecular weight excluding hydrogens is 435 g/mol. The number of hydrogen-bond donors (Lipinski definition) is 2. The maximum absolute atomic E-state index is 13.4. The van der Waals surface area contributed by atoms with E-state index in [0.717, 1.165) is 18.2 Å². The fraction of sp³-hybridized carbons (Fsp3) is 0.333. The molecule has 1 atom stereocenters. The third kappa shape index (κ3) is 7.07. The normalized spacial score (nSPS) is 17.2. The van der Waals surface area contributed by atoms with E-state index in [-0.39, 0.29) is 35.8 Å². The number of carbonyl (C=O) groups is 2. The van der Waals surface area contributed by atoms with E-state index in [4.69, 9.17) is 21.1 Å². The van der Waals surface area contributed by atoms with Gasteiger partial charge in [0, 0.05) is 18.2 Å². The molecule has 0 fully saturated rings. The molecule has 0 bridgehead atoms. The highest BCUT2D eigenvalue weighted by Crippen LogP contribution is 2.28. The molecule has 8 heteroatoms. The fourth-order valence-corrected chi connectivity index (χ4v) is 3.54. The second-order valence-electron chi connectivity index (χ2n) is 8.02. The molecule has 1 aliphatic rings. The van der Waals surface area contributed by atoms with E-state index in [1.807, 2.05) is 32.0 Å². The molecule has 170 valence electrons. The van der Waals surface area contributed by atoms with E-state index < -0.39 is 11.4 Å². The minimum Gasteiger partial charge on any atom is -0.484 e. The number of halogens is 2. The summed E-state index contributed by atoms with van der Waals surface area (Å²) in [5.74, 6) is -0.990. The maximum atomic E-state index is 13.4. The van der Waals surface area contributed by atoms with Gasteiger partial charge in [0.05, 0.1) is 17.2 Å². The summed E-state index contributed by atoms with van der Waals surface area (Å²) in [6, 6.07) is 12.1. The zero-order valence-corrected chi connectivity index (χ0v) is 18.8. The average Bonchev–Trinajstić information content (AvgIpc) is 2.71. The molecule has 2 aromatic rings. The number of nitrogens with one attached hydrogen (secondary N) is 2. The summed E-state index contributed by atoms with van der Waals surface area (Å²) in [7, 11) is 0. The summed E-state index contributed by atoms with van der Waals surface area (Å²) in [4.78, 5) is 24.2. The molecule has 2 aromatic carbocycles. The topological polar surface area (TPSA) is 76.7 Å². The first-order valence-electron chi connectivity index (χ1n) is 10.3. The van der Waals surface area contributed by atoms with Crippen molar-refractivity contribution in [1.29, 1.82) is 0 Å². The van der Waals surface area contributed by atoms with Crippen LogP contribution in [0.15, 0.2) is 54.2 Å². The van der Waals surface area contributed by atoms with E-state index in [0.29, 0.717) is 13.0 Å².